The Morgan fingerprint density at radius 1 is 0.974 bits per heavy atom. The number of rotatable bonds is 12. The molecule has 0 saturated carbocycles. The predicted molar refractivity (Wildman–Crippen MR) is 141 cm³/mol. The predicted octanol–water partition coefficient (Wildman–Crippen LogP) is 2.22. The van der Waals surface area contributed by atoms with Gasteiger partial charge in [-0.05, 0) is 23.3 Å². The van der Waals surface area contributed by atoms with Crippen molar-refractivity contribution < 1.29 is 19.1 Å². The van der Waals surface area contributed by atoms with Crippen molar-refractivity contribution >= 4 is 11.8 Å². The molecule has 0 saturated heterocycles. The number of pyridine rings is 1. The molecule has 5 N–H and O–H groups in total. The molecule has 0 unspecified atom stereocenters. The standard InChI is InChI=1S/C28H29N5O5/c1-37-16-23-22(14-19-10-8-18(9-11-19)13-20-6-4-12-30-27(20)35)26(33-32-23)28(36)31-15-21-5-2-3-7-24(21)38-17-25(29)34/h2-12H,13-17H2,1H3,(H2,29,34)(H,30,35)(H,31,36)(H,32,33). The second kappa shape index (κ2) is 12.5. The van der Waals surface area contributed by atoms with E-state index < -0.39 is 5.91 Å². The molecular weight excluding hydrogens is 486 g/mol. The highest BCUT2D eigenvalue weighted by atomic mass is 16.5. The number of benzene rings is 2. The SMILES string of the molecule is COCc1[nH]nc(C(=O)NCc2ccccc2OCC(N)=O)c1Cc1ccc(Cc2ccc[nH]c2=O)cc1. The van der Waals surface area contributed by atoms with Crippen LogP contribution in [0.5, 0.6) is 5.75 Å². The molecular formula is C28H29N5O5. The Kier molecular flexibility index (Phi) is 8.68. The van der Waals surface area contributed by atoms with Gasteiger partial charge in [-0.15, -0.1) is 0 Å². The van der Waals surface area contributed by atoms with Crippen LogP contribution in [0.15, 0.2) is 71.7 Å². The number of hydrogen-bond acceptors (Lipinski definition) is 6. The molecule has 0 radical (unpaired) electrons. The number of nitrogens with zero attached hydrogens (tertiary/aromatic N) is 1. The maximum atomic E-state index is 13.1. The van der Waals surface area contributed by atoms with Crippen molar-refractivity contribution in [2.75, 3.05) is 13.7 Å². The number of para-hydroxylation sites is 1. The minimum absolute atomic E-state index is 0.100. The number of carbonyl (C=O) groups is 2. The lowest BCUT2D eigenvalue weighted by Gasteiger charge is -2.11. The summed E-state index contributed by atoms with van der Waals surface area (Å²) >= 11 is 0. The maximum Gasteiger partial charge on any atom is 0.272 e. The van der Waals surface area contributed by atoms with Crippen molar-refractivity contribution in [3.63, 3.8) is 0 Å². The van der Waals surface area contributed by atoms with E-state index in [-0.39, 0.29) is 36.9 Å². The summed E-state index contributed by atoms with van der Waals surface area (Å²) in [5, 5.41) is 10.1. The third-order valence-electron chi connectivity index (χ3n) is 5.94. The van der Waals surface area contributed by atoms with Crippen molar-refractivity contribution in [1.29, 1.82) is 0 Å². The van der Waals surface area contributed by atoms with Crippen molar-refractivity contribution in [2.45, 2.75) is 26.0 Å². The normalized spacial score (nSPS) is 10.8. The first-order valence-corrected chi connectivity index (χ1v) is 12.0. The molecule has 196 valence electrons. The van der Waals surface area contributed by atoms with Gasteiger partial charge in [-0.25, -0.2) is 0 Å². The molecule has 38 heavy (non-hydrogen) atoms. The topological polar surface area (TPSA) is 152 Å². The highest BCUT2D eigenvalue weighted by Gasteiger charge is 2.20. The van der Waals surface area contributed by atoms with Crippen molar-refractivity contribution in [1.82, 2.24) is 20.5 Å². The second-order valence-corrected chi connectivity index (χ2v) is 8.70. The van der Waals surface area contributed by atoms with Gasteiger partial charge in [0.25, 0.3) is 17.4 Å². The van der Waals surface area contributed by atoms with Gasteiger partial charge >= 0.3 is 0 Å². The van der Waals surface area contributed by atoms with Crippen molar-refractivity contribution in [2.24, 2.45) is 5.73 Å². The smallest absolute Gasteiger partial charge is 0.272 e. The molecule has 0 spiro atoms. The monoisotopic (exact) mass is 515 g/mol. The van der Waals surface area contributed by atoms with E-state index in [2.05, 4.69) is 20.5 Å². The molecule has 2 aromatic carbocycles. The number of amides is 2. The van der Waals surface area contributed by atoms with Crippen molar-refractivity contribution in [3.05, 3.63) is 116 Å². The number of nitrogens with one attached hydrogen (secondary N) is 3. The fourth-order valence-corrected chi connectivity index (χ4v) is 4.04. The molecule has 0 aliphatic carbocycles. The number of carbonyl (C=O) groups excluding carboxylic acids is 2. The fourth-order valence-electron chi connectivity index (χ4n) is 4.04. The maximum absolute atomic E-state index is 13.1. The first kappa shape index (κ1) is 26.4. The summed E-state index contributed by atoms with van der Waals surface area (Å²) < 4.78 is 10.7. The third-order valence-corrected chi connectivity index (χ3v) is 5.94. The highest BCUT2D eigenvalue weighted by Crippen LogP contribution is 2.21. The lowest BCUT2D eigenvalue weighted by molar-refractivity contribution is -0.119. The molecule has 2 heterocycles. The summed E-state index contributed by atoms with van der Waals surface area (Å²) in [4.78, 5) is 38.9. The van der Waals surface area contributed by atoms with Crippen LogP contribution in [0.25, 0.3) is 0 Å². The van der Waals surface area contributed by atoms with Crippen LogP contribution in [0.3, 0.4) is 0 Å². The highest BCUT2D eigenvalue weighted by molar-refractivity contribution is 5.94. The Bertz CT molecular complexity index is 1460. The average Bonchev–Trinajstić information content (AvgIpc) is 3.31. The lowest BCUT2D eigenvalue weighted by atomic mass is 9.99. The van der Waals surface area contributed by atoms with Gasteiger partial charge in [0.15, 0.2) is 12.3 Å². The zero-order valence-corrected chi connectivity index (χ0v) is 21.0. The van der Waals surface area contributed by atoms with Gasteiger partial charge in [0.1, 0.15) is 5.75 Å². The van der Waals surface area contributed by atoms with E-state index in [1.54, 1.807) is 37.6 Å². The molecule has 0 bridgehead atoms. The van der Waals surface area contributed by atoms with E-state index in [1.807, 2.05) is 36.4 Å². The van der Waals surface area contributed by atoms with Gasteiger partial charge in [-0.3, -0.25) is 19.5 Å². The molecule has 4 rings (SSSR count). The lowest BCUT2D eigenvalue weighted by Crippen LogP contribution is -2.25. The Morgan fingerprint density at radius 2 is 1.68 bits per heavy atom. The van der Waals surface area contributed by atoms with E-state index >= 15 is 0 Å². The largest absolute Gasteiger partial charge is 0.483 e. The summed E-state index contributed by atoms with van der Waals surface area (Å²) in [5.41, 5.74) is 10.2. The Labute approximate surface area is 219 Å². The number of aromatic amines is 2. The number of H-pyrrole nitrogens is 2. The van der Waals surface area contributed by atoms with Gasteiger partial charge in [0, 0.05) is 49.4 Å². The van der Waals surface area contributed by atoms with Crippen LogP contribution in [0.2, 0.25) is 0 Å². The van der Waals surface area contributed by atoms with E-state index in [0.29, 0.717) is 35.4 Å². The van der Waals surface area contributed by atoms with Gasteiger partial charge < -0.3 is 25.5 Å². The number of ether oxygens (including phenoxy) is 2. The zero-order chi connectivity index (χ0) is 26.9. The van der Waals surface area contributed by atoms with Crippen LogP contribution in [0.4, 0.5) is 0 Å². The quantitative estimate of drug-likeness (QED) is 0.227. The molecule has 0 aliphatic rings. The van der Waals surface area contributed by atoms with E-state index in [1.165, 1.54) is 0 Å². The van der Waals surface area contributed by atoms with E-state index in [9.17, 15) is 14.4 Å². The molecule has 0 aliphatic heterocycles. The van der Waals surface area contributed by atoms with Crippen molar-refractivity contribution in [3.8, 4) is 5.75 Å². The number of hydrogen-bond donors (Lipinski definition) is 4. The molecule has 2 amide bonds. The Morgan fingerprint density at radius 3 is 2.39 bits per heavy atom. The van der Waals surface area contributed by atoms with Crippen LogP contribution in [-0.4, -0.2) is 40.7 Å². The minimum Gasteiger partial charge on any atom is -0.483 e. The number of nitrogens with two attached hydrogens (primary N) is 1. The second-order valence-electron chi connectivity index (χ2n) is 8.70. The first-order chi connectivity index (χ1) is 18.4. The van der Waals surface area contributed by atoms with Gasteiger partial charge in [-0.2, -0.15) is 5.10 Å². The molecule has 10 heteroatoms. The summed E-state index contributed by atoms with van der Waals surface area (Å²) in [6, 6.07) is 18.6. The van der Waals surface area contributed by atoms with Crippen LogP contribution >= 0.6 is 0 Å². The summed E-state index contributed by atoms with van der Waals surface area (Å²) in [6.45, 7) is 0.191. The van der Waals surface area contributed by atoms with Crippen LogP contribution in [0, 0.1) is 0 Å². The minimum atomic E-state index is -0.586. The number of aromatic nitrogens is 3. The molecule has 4 aromatic rings. The molecule has 0 atom stereocenters. The van der Waals surface area contributed by atoms with Gasteiger partial charge in [0.05, 0.1) is 12.3 Å². The zero-order valence-electron chi connectivity index (χ0n) is 21.0. The Hall–Kier alpha value is -4.70. The van der Waals surface area contributed by atoms with Crippen LogP contribution < -0.4 is 21.3 Å². The van der Waals surface area contributed by atoms with Gasteiger partial charge in [-0.1, -0.05) is 48.5 Å². The van der Waals surface area contributed by atoms with E-state index in [0.717, 1.165) is 16.7 Å². The summed E-state index contributed by atoms with van der Waals surface area (Å²) in [5.74, 6) is -0.479. The van der Waals surface area contributed by atoms with Gasteiger partial charge in [0.2, 0.25) is 0 Å². The number of methoxy groups -OCH3 is 1. The van der Waals surface area contributed by atoms with E-state index in [4.69, 9.17) is 15.2 Å². The Balaban J connectivity index is 1.47. The van der Waals surface area contributed by atoms with Crippen LogP contribution in [-0.2, 0) is 35.5 Å². The number of primary amides is 1. The fraction of sp³-hybridized carbons (Fsp3) is 0.214. The third kappa shape index (κ3) is 6.74. The molecule has 2 aromatic heterocycles. The molecule has 0 fully saturated rings. The first-order valence-electron chi connectivity index (χ1n) is 12.0. The molecule has 10 nitrogen and oxygen atoms in total. The summed E-state index contributed by atoms with van der Waals surface area (Å²) in [7, 11) is 1.58. The average molecular weight is 516 g/mol. The summed E-state index contributed by atoms with van der Waals surface area (Å²) in [6.07, 6.45) is 2.60. The van der Waals surface area contributed by atoms with Crippen LogP contribution in [0.1, 0.15) is 44.0 Å².